The van der Waals surface area contributed by atoms with E-state index in [9.17, 15) is 13.5 Å². The van der Waals surface area contributed by atoms with Crippen LogP contribution in [0.2, 0.25) is 0 Å². The van der Waals surface area contributed by atoms with E-state index < -0.39 is 9.84 Å². The molecule has 0 aliphatic carbocycles. The zero-order valence-electron chi connectivity index (χ0n) is 10.3. The predicted octanol–water partition coefficient (Wildman–Crippen LogP) is 1.57. The zero-order valence-corrected chi connectivity index (χ0v) is 11.2. The molecule has 0 spiro atoms. The molecule has 18 heavy (non-hydrogen) atoms. The molecule has 4 nitrogen and oxygen atoms in total. The number of hydrogen-bond donors (Lipinski definition) is 1. The smallest absolute Gasteiger partial charge is 0.151 e. The number of aromatic nitrogens is 1. The van der Waals surface area contributed by atoms with Crippen LogP contribution in [0.5, 0.6) is 0 Å². The minimum Gasteiger partial charge on any atom is -0.392 e. The summed E-state index contributed by atoms with van der Waals surface area (Å²) >= 11 is 0. The van der Waals surface area contributed by atoms with Crippen molar-refractivity contribution in [1.82, 2.24) is 4.57 Å². The number of rotatable bonds is 5. The number of nitrogens with zero attached hydrogens (tertiary/aromatic N) is 1. The maximum atomic E-state index is 11.5. The van der Waals surface area contributed by atoms with Gasteiger partial charge in [0.1, 0.15) is 0 Å². The van der Waals surface area contributed by atoms with Crippen molar-refractivity contribution in [2.24, 2.45) is 0 Å². The van der Waals surface area contributed by atoms with Gasteiger partial charge >= 0.3 is 0 Å². The van der Waals surface area contributed by atoms with Gasteiger partial charge in [-0.1, -0.05) is 25.1 Å². The molecule has 0 radical (unpaired) electrons. The summed E-state index contributed by atoms with van der Waals surface area (Å²) in [5, 5.41) is 10.3. The molecule has 2 rings (SSSR count). The van der Waals surface area contributed by atoms with Gasteiger partial charge in [-0.3, -0.25) is 0 Å². The Morgan fingerprint density at radius 3 is 2.67 bits per heavy atom. The fraction of sp³-hybridized carbons (Fsp3) is 0.385. The highest BCUT2D eigenvalue weighted by molar-refractivity contribution is 7.91. The van der Waals surface area contributed by atoms with Crippen molar-refractivity contribution in [1.29, 1.82) is 0 Å². The van der Waals surface area contributed by atoms with Crippen LogP contribution in [-0.2, 0) is 23.0 Å². The van der Waals surface area contributed by atoms with Gasteiger partial charge in [0.2, 0.25) is 0 Å². The van der Waals surface area contributed by atoms with Crippen LogP contribution in [0.4, 0.5) is 0 Å². The van der Waals surface area contributed by atoms with E-state index in [-0.39, 0.29) is 18.1 Å². The Labute approximate surface area is 107 Å². The molecule has 0 fully saturated rings. The SMILES string of the molecule is CCS(=O)(=O)CCn1cc(CO)c2ccccc21. The fourth-order valence-electron chi connectivity index (χ4n) is 2.02. The van der Waals surface area contributed by atoms with Crippen molar-refractivity contribution in [2.45, 2.75) is 20.1 Å². The third-order valence-corrected chi connectivity index (χ3v) is 4.81. The molecule has 2 aromatic rings. The minimum absolute atomic E-state index is 0.0337. The van der Waals surface area contributed by atoms with E-state index in [4.69, 9.17) is 0 Å². The second-order valence-corrected chi connectivity index (χ2v) is 6.73. The van der Waals surface area contributed by atoms with Gasteiger partial charge in [-0.2, -0.15) is 0 Å². The quantitative estimate of drug-likeness (QED) is 0.894. The molecule has 0 amide bonds. The van der Waals surface area contributed by atoms with E-state index in [0.29, 0.717) is 6.54 Å². The Morgan fingerprint density at radius 2 is 2.00 bits per heavy atom. The zero-order chi connectivity index (χ0) is 13.2. The maximum absolute atomic E-state index is 11.5. The van der Waals surface area contributed by atoms with Gasteiger partial charge in [0.15, 0.2) is 9.84 Å². The summed E-state index contributed by atoms with van der Waals surface area (Å²) in [5.41, 5.74) is 1.80. The summed E-state index contributed by atoms with van der Waals surface area (Å²) < 4.78 is 24.9. The molecular formula is C13H17NO3S. The van der Waals surface area contributed by atoms with Crippen molar-refractivity contribution in [2.75, 3.05) is 11.5 Å². The van der Waals surface area contributed by atoms with Gasteiger partial charge in [-0.25, -0.2) is 8.42 Å². The van der Waals surface area contributed by atoms with Crippen LogP contribution in [0, 0.1) is 0 Å². The van der Waals surface area contributed by atoms with Crippen molar-refractivity contribution in [3.05, 3.63) is 36.0 Å². The summed E-state index contributed by atoms with van der Waals surface area (Å²) in [6.07, 6.45) is 1.83. The lowest BCUT2D eigenvalue weighted by molar-refractivity contribution is 0.283. The molecule has 0 saturated carbocycles. The molecule has 0 unspecified atom stereocenters. The first kappa shape index (κ1) is 13.1. The first-order valence-electron chi connectivity index (χ1n) is 5.95. The van der Waals surface area contributed by atoms with Crippen LogP contribution < -0.4 is 0 Å². The van der Waals surface area contributed by atoms with Crippen molar-refractivity contribution in [3.8, 4) is 0 Å². The van der Waals surface area contributed by atoms with Gasteiger partial charge < -0.3 is 9.67 Å². The summed E-state index contributed by atoms with van der Waals surface area (Å²) in [6, 6.07) is 7.70. The van der Waals surface area contributed by atoms with Crippen molar-refractivity contribution < 1.29 is 13.5 Å². The minimum atomic E-state index is -2.97. The second-order valence-electron chi connectivity index (χ2n) is 4.26. The summed E-state index contributed by atoms with van der Waals surface area (Å²) in [6.45, 7) is 2.05. The molecule has 0 bridgehead atoms. The summed E-state index contributed by atoms with van der Waals surface area (Å²) in [5.74, 6) is 0.298. The van der Waals surface area contributed by atoms with E-state index in [1.165, 1.54) is 0 Å². The van der Waals surface area contributed by atoms with E-state index >= 15 is 0 Å². The largest absolute Gasteiger partial charge is 0.392 e. The molecule has 0 aliphatic rings. The first-order chi connectivity index (χ1) is 8.57. The summed E-state index contributed by atoms with van der Waals surface area (Å²) in [4.78, 5) is 0. The average molecular weight is 267 g/mol. The average Bonchev–Trinajstić information content (AvgIpc) is 2.75. The van der Waals surface area contributed by atoms with E-state index in [2.05, 4.69) is 0 Å². The van der Waals surface area contributed by atoms with Crippen LogP contribution in [0.15, 0.2) is 30.5 Å². The van der Waals surface area contributed by atoms with E-state index in [1.807, 2.05) is 35.0 Å². The number of sulfone groups is 1. The lowest BCUT2D eigenvalue weighted by Crippen LogP contribution is -2.14. The molecule has 0 atom stereocenters. The Hall–Kier alpha value is -1.33. The molecule has 0 aliphatic heterocycles. The van der Waals surface area contributed by atoms with Gasteiger partial charge in [-0.15, -0.1) is 0 Å². The maximum Gasteiger partial charge on any atom is 0.151 e. The van der Waals surface area contributed by atoms with Gasteiger partial charge in [0.05, 0.1) is 12.4 Å². The molecular weight excluding hydrogens is 250 g/mol. The Bertz CT molecular complexity index is 643. The number of para-hydroxylation sites is 1. The van der Waals surface area contributed by atoms with E-state index in [0.717, 1.165) is 16.5 Å². The lowest BCUT2D eigenvalue weighted by atomic mass is 10.2. The monoisotopic (exact) mass is 267 g/mol. The van der Waals surface area contributed by atoms with Crippen LogP contribution in [-0.4, -0.2) is 29.6 Å². The van der Waals surface area contributed by atoms with Gasteiger partial charge in [0.25, 0.3) is 0 Å². The van der Waals surface area contributed by atoms with Crippen LogP contribution in [0.25, 0.3) is 10.9 Å². The molecule has 1 aromatic carbocycles. The topological polar surface area (TPSA) is 59.3 Å². The number of benzene rings is 1. The normalized spacial score (nSPS) is 12.1. The van der Waals surface area contributed by atoms with E-state index in [1.54, 1.807) is 6.92 Å². The predicted molar refractivity (Wildman–Crippen MR) is 72.2 cm³/mol. The number of aryl methyl sites for hydroxylation is 1. The number of aliphatic hydroxyl groups is 1. The fourth-order valence-corrected chi connectivity index (χ4v) is 2.78. The second kappa shape index (κ2) is 5.12. The Morgan fingerprint density at radius 1 is 1.28 bits per heavy atom. The van der Waals surface area contributed by atoms with Crippen molar-refractivity contribution >= 4 is 20.7 Å². The standard InChI is InChI=1S/C13H17NO3S/c1-2-18(16,17)8-7-14-9-11(10-15)12-5-3-4-6-13(12)14/h3-6,9,15H,2,7-8,10H2,1H3. The van der Waals surface area contributed by atoms with Crippen LogP contribution in [0.1, 0.15) is 12.5 Å². The van der Waals surface area contributed by atoms with Crippen LogP contribution in [0.3, 0.4) is 0 Å². The third-order valence-electron chi connectivity index (χ3n) is 3.12. The molecule has 1 heterocycles. The van der Waals surface area contributed by atoms with Gasteiger partial charge in [-0.05, 0) is 6.07 Å². The number of aliphatic hydroxyl groups excluding tert-OH is 1. The molecule has 5 heteroatoms. The van der Waals surface area contributed by atoms with Gasteiger partial charge in [0, 0.05) is 35.0 Å². The first-order valence-corrected chi connectivity index (χ1v) is 7.77. The number of fused-ring (bicyclic) bond motifs is 1. The molecule has 98 valence electrons. The highest BCUT2D eigenvalue weighted by atomic mass is 32.2. The Kier molecular flexibility index (Phi) is 3.73. The number of hydrogen-bond acceptors (Lipinski definition) is 3. The van der Waals surface area contributed by atoms with Crippen LogP contribution >= 0.6 is 0 Å². The lowest BCUT2D eigenvalue weighted by Gasteiger charge is -2.05. The molecule has 1 N–H and O–H groups in total. The van der Waals surface area contributed by atoms with Crippen molar-refractivity contribution in [3.63, 3.8) is 0 Å². The molecule has 0 saturated heterocycles. The summed E-state index contributed by atoms with van der Waals surface area (Å²) in [7, 11) is -2.97. The molecule has 1 aromatic heterocycles. The highest BCUT2D eigenvalue weighted by Gasteiger charge is 2.11. The third kappa shape index (κ3) is 2.57. The highest BCUT2D eigenvalue weighted by Crippen LogP contribution is 2.21. The Balaban J connectivity index is 2.34.